The smallest absolute Gasteiger partial charge is 0.260 e. The first-order chi connectivity index (χ1) is 14.4. The highest BCUT2D eigenvalue weighted by molar-refractivity contribution is 7.80. The van der Waals surface area contributed by atoms with Gasteiger partial charge in [-0.1, -0.05) is 24.3 Å². The van der Waals surface area contributed by atoms with Crippen LogP contribution in [0.25, 0.3) is 22.6 Å². The van der Waals surface area contributed by atoms with Crippen molar-refractivity contribution in [1.29, 1.82) is 0 Å². The molecule has 0 aliphatic heterocycles. The van der Waals surface area contributed by atoms with Crippen LogP contribution in [0.2, 0.25) is 0 Å². The van der Waals surface area contributed by atoms with E-state index in [1.165, 1.54) is 18.2 Å². The van der Waals surface area contributed by atoms with Gasteiger partial charge in [-0.3, -0.25) is 10.1 Å². The van der Waals surface area contributed by atoms with Crippen LogP contribution in [0.1, 0.15) is 15.9 Å². The maximum absolute atomic E-state index is 13.8. The molecule has 1 aromatic heterocycles. The monoisotopic (exact) mass is 421 g/mol. The van der Waals surface area contributed by atoms with Gasteiger partial charge in [-0.2, -0.15) is 0 Å². The number of aromatic nitrogens is 1. The molecule has 30 heavy (non-hydrogen) atoms. The Kier molecular flexibility index (Phi) is 5.16. The first kappa shape index (κ1) is 19.5. The van der Waals surface area contributed by atoms with Gasteiger partial charge in [-0.05, 0) is 61.1 Å². The molecule has 0 saturated heterocycles. The number of aryl methyl sites for hydroxylation is 1. The van der Waals surface area contributed by atoms with Gasteiger partial charge in [-0.25, -0.2) is 9.37 Å². The molecule has 0 aliphatic rings. The van der Waals surface area contributed by atoms with E-state index in [2.05, 4.69) is 15.6 Å². The molecule has 0 saturated carbocycles. The number of hydrogen-bond acceptors (Lipinski definition) is 5. The summed E-state index contributed by atoms with van der Waals surface area (Å²) in [5, 5.41) is 15.8. The van der Waals surface area contributed by atoms with Gasteiger partial charge in [0.2, 0.25) is 5.89 Å². The molecule has 0 bridgehead atoms. The molecular weight excluding hydrogens is 405 g/mol. The normalized spacial score (nSPS) is 10.7. The number of fused-ring (bicyclic) bond motifs is 1. The highest BCUT2D eigenvalue weighted by Gasteiger charge is 2.17. The third kappa shape index (κ3) is 3.85. The van der Waals surface area contributed by atoms with Crippen molar-refractivity contribution in [3.05, 3.63) is 77.6 Å². The van der Waals surface area contributed by atoms with Crippen LogP contribution < -0.4 is 10.6 Å². The van der Waals surface area contributed by atoms with Gasteiger partial charge in [0.05, 0.1) is 11.1 Å². The number of carbonyl (C=O) groups excluding carboxylic acids is 1. The molecule has 1 amide bonds. The van der Waals surface area contributed by atoms with E-state index in [0.29, 0.717) is 27.9 Å². The minimum atomic E-state index is -0.666. The number of rotatable bonds is 3. The molecule has 3 N–H and O–H groups in total. The van der Waals surface area contributed by atoms with E-state index >= 15 is 0 Å². The van der Waals surface area contributed by atoms with Crippen LogP contribution in [0.4, 0.5) is 10.1 Å². The van der Waals surface area contributed by atoms with E-state index in [1.807, 2.05) is 18.2 Å². The fourth-order valence-corrected chi connectivity index (χ4v) is 3.19. The maximum Gasteiger partial charge on any atom is 0.260 e. The number of amides is 1. The molecule has 150 valence electrons. The SMILES string of the molecule is Cc1cc(NC(=S)NC(=O)c2ccccc2F)cc(-c2nc3ccccc3o2)c1O. The summed E-state index contributed by atoms with van der Waals surface area (Å²) in [5.74, 6) is -1.04. The van der Waals surface area contributed by atoms with Gasteiger partial charge in [0.1, 0.15) is 17.1 Å². The Hall–Kier alpha value is -3.78. The zero-order chi connectivity index (χ0) is 21.3. The van der Waals surface area contributed by atoms with Gasteiger partial charge in [0.15, 0.2) is 10.7 Å². The van der Waals surface area contributed by atoms with Crippen LogP contribution >= 0.6 is 12.2 Å². The molecule has 8 heteroatoms. The van der Waals surface area contributed by atoms with Crippen molar-refractivity contribution in [1.82, 2.24) is 10.3 Å². The average Bonchev–Trinajstić information content (AvgIpc) is 3.14. The molecular formula is C22H16FN3O3S. The quantitative estimate of drug-likeness (QED) is 0.326. The topological polar surface area (TPSA) is 87.4 Å². The van der Waals surface area contributed by atoms with E-state index in [4.69, 9.17) is 16.6 Å². The van der Waals surface area contributed by atoms with Gasteiger partial charge in [-0.15, -0.1) is 0 Å². The largest absolute Gasteiger partial charge is 0.507 e. The Balaban J connectivity index is 1.58. The van der Waals surface area contributed by atoms with Crippen molar-refractivity contribution in [3.8, 4) is 17.2 Å². The maximum atomic E-state index is 13.8. The average molecular weight is 421 g/mol. The second kappa shape index (κ2) is 7.92. The predicted octanol–water partition coefficient (Wildman–Crippen LogP) is 4.77. The first-order valence-corrected chi connectivity index (χ1v) is 9.39. The summed E-state index contributed by atoms with van der Waals surface area (Å²) in [6.07, 6.45) is 0. The second-order valence-corrected chi connectivity index (χ2v) is 6.97. The Morgan fingerprint density at radius 1 is 1.13 bits per heavy atom. The van der Waals surface area contributed by atoms with Crippen molar-refractivity contribution in [2.45, 2.75) is 6.92 Å². The number of phenols is 1. The third-order valence-corrected chi connectivity index (χ3v) is 4.63. The van der Waals surface area contributed by atoms with Crippen molar-refractivity contribution in [3.63, 3.8) is 0 Å². The Morgan fingerprint density at radius 3 is 2.63 bits per heavy atom. The Morgan fingerprint density at radius 2 is 1.87 bits per heavy atom. The number of hydrogen-bond donors (Lipinski definition) is 3. The van der Waals surface area contributed by atoms with E-state index in [1.54, 1.807) is 31.2 Å². The molecule has 0 unspecified atom stereocenters. The van der Waals surface area contributed by atoms with Crippen LogP contribution in [0.3, 0.4) is 0 Å². The standard InChI is InChI=1S/C22H16FN3O3S/c1-12-10-13(24-22(30)26-20(28)14-6-2-3-7-16(14)23)11-15(19(12)27)21-25-17-8-4-5-9-18(17)29-21/h2-11,27H,1H3,(H2,24,26,28,30). The van der Waals surface area contributed by atoms with E-state index in [-0.39, 0.29) is 22.3 Å². The van der Waals surface area contributed by atoms with Gasteiger partial charge in [0, 0.05) is 5.69 Å². The summed E-state index contributed by atoms with van der Waals surface area (Å²) in [5.41, 5.74) is 2.57. The van der Waals surface area contributed by atoms with Crippen LogP contribution in [0.15, 0.2) is 65.1 Å². The second-order valence-electron chi connectivity index (χ2n) is 6.56. The minimum absolute atomic E-state index is 0.0168. The van der Waals surface area contributed by atoms with Crippen LogP contribution in [-0.4, -0.2) is 21.1 Å². The predicted molar refractivity (Wildman–Crippen MR) is 116 cm³/mol. The number of halogens is 1. The van der Waals surface area contributed by atoms with Gasteiger partial charge in [0.25, 0.3) is 5.91 Å². The lowest BCUT2D eigenvalue weighted by Gasteiger charge is -2.13. The first-order valence-electron chi connectivity index (χ1n) is 8.99. The van der Waals surface area contributed by atoms with Crippen molar-refractivity contribution in [2.75, 3.05) is 5.32 Å². The molecule has 0 atom stereocenters. The summed E-state index contributed by atoms with van der Waals surface area (Å²) in [6.45, 7) is 1.72. The van der Waals surface area contributed by atoms with Crippen molar-refractivity contribution < 1.29 is 18.7 Å². The summed E-state index contributed by atoms with van der Waals surface area (Å²) in [6, 6.07) is 16.1. The molecule has 4 rings (SSSR count). The van der Waals surface area contributed by atoms with E-state index in [9.17, 15) is 14.3 Å². The number of para-hydroxylation sites is 2. The van der Waals surface area contributed by atoms with E-state index in [0.717, 1.165) is 0 Å². The summed E-state index contributed by atoms with van der Waals surface area (Å²) in [4.78, 5) is 16.6. The summed E-state index contributed by atoms with van der Waals surface area (Å²) >= 11 is 5.18. The fourth-order valence-electron chi connectivity index (χ4n) is 2.98. The minimum Gasteiger partial charge on any atom is -0.507 e. The van der Waals surface area contributed by atoms with Crippen LogP contribution in [-0.2, 0) is 0 Å². The molecule has 0 radical (unpaired) electrons. The van der Waals surface area contributed by atoms with E-state index < -0.39 is 11.7 Å². The number of aromatic hydroxyl groups is 1. The summed E-state index contributed by atoms with van der Waals surface area (Å²) in [7, 11) is 0. The molecule has 0 aliphatic carbocycles. The zero-order valence-electron chi connectivity index (χ0n) is 15.8. The Bertz CT molecular complexity index is 1250. The number of carbonyl (C=O) groups is 1. The number of nitrogens with zero attached hydrogens (tertiary/aromatic N) is 1. The number of thiocarbonyl (C=S) groups is 1. The fraction of sp³-hybridized carbons (Fsp3) is 0.0455. The number of nitrogens with one attached hydrogen (secondary N) is 2. The highest BCUT2D eigenvalue weighted by atomic mass is 32.1. The number of benzene rings is 3. The molecule has 3 aromatic carbocycles. The number of oxazole rings is 1. The van der Waals surface area contributed by atoms with Gasteiger partial charge >= 0.3 is 0 Å². The molecule has 4 aromatic rings. The molecule has 6 nitrogen and oxygen atoms in total. The lowest BCUT2D eigenvalue weighted by molar-refractivity contribution is 0.0974. The Labute approximate surface area is 176 Å². The number of phenolic OH excluding ortho intramolecular Hbond substituents is 1. The lowest BCUT2D eigenvalue weighted by atomic mass is 10.1. The number of anilines is 1. The third-order valence-electron chi connectivity index (χ3n) is 4.43. The zero-order valence-corrected chi connectivity index (χ0v) is 16.6. The van der Waals surface area contributed by atoms with Crippen molar-refractivity contribution >= 4 is 40.0 Å². The molecule has 0 fully saturated rings. The van der Waals surface area contributed by atoms with Crippen molar-refractivity contribution in [2.24, 2.45) is 0 Å². The highest BCUT2D eigenvalue weighted by Crippen LogP contribution is 2.36. The summed E-state index contributed by atoms with van der Waals surface area (Å²) < 4.78 is 19.5. The molecule has 1 heterocycles. The molecule has 0 spiro atoms. The van der Waals surface area contributed by atoms with Crippen LogP contribution in [0, 0.1) is 12.7 Å². The van der Waals surface area contributed by atoms with Crippen LogP contribution in [0.5, 0.6) is 5.75 Å². The van der Waals surface area contributed by atoms with Gasteiger partial charge < -0.3 is 14.8 Å². The lowest BCUT2D eigenvalue weighted by Crippen LogP contribution is -2.34.